The number of nitrogens with one attached hydrogen (secondary N) is 2. The minimum Gasteiger partial charge on any atom is -0.356 e. The predicted octanol–water partition coefficient (Wildman–Crippen LogP) is 3.40. The molecule has 1 amide bonds. The van der Waals surface area contributed by atoms with E-state index < -0.39 is 0 Å². The van der Waals surface area contributed by atoms with Crippen molar-refractivity contribution in [3.63, 3.8) is 0 Å². The number of hydrogen-bond donors (Lipinski definition) is 2. The van der Waals surface area contributed by atoms with Crippen molar-refractivity contribution >= 4 is 35.8 Å². The number of rotatable bonds is 7. The van der Waals surface area contributed by atoms with Crippen molar-refractivity contribution in [2.45, 2.75) is 45.6 Å². The first kappa shape index (κ1) is 22.7. The van der Waals surface area contributed by atoms with Gasteiger partial charge in [-0.15, -0.1) is 24.0 Å². The van der Waals surface area contributed by atoms with Crippen LogP contribution in [0, 0.1) is 5.41 Å². The van der Waals surface area contributed by atoms with Gasteiger partial charge >= 0.3 is 0 Å². The molecule has 1 saturated carbocycles. The Kier molecular flexibility index (Phi) is 9.98. The zero-order valence-electron chi connectivity index (χ0n) is 16.3. The maximum atomic E-state index is 11.9. The molecule has 0 heterocycles. The maximum Gasteiger partial charge on any atom is 0.241 e. The van der Waals surface area contributed by atoms with Crippen LogP contribution in [0.3, 0.4) is 0 Å². The van der Waals surface area contributed by atoms with Gasteiger partial charge in [0.1, 0.15) is 0 Å². The summed E-state index contributed by atoms with van der Waals surface area (Å²) in [4.78, 5) is 18.1. The van der Waals surface area contributed by atoms with Crippen molar-refractivity contribution in [1.29, 1.82) is 0 Å². The molecule has 0 radical (unpaired) electrons. The Hall–Kier alpha value is -1.31. The third kappa shape index (κ3) is 7.13. The highest BCUT2D eigenvalue weighted by Gasteiger charge is 2.31. The molecule has 0 atom stereocenters. The largest absolute Gasteiger partial charge is 0.356 e. The molecule has 5 nitrogen and oxygen atoms in total. The molecule has 2 N–H and O–H groups in total. The van der Waals surface area contributed by atoms with Crippen LogP contribution in [0.2, 0.25) is 0 Å². The maximum absolute atomic E-state index is 11.9. The van der Waals surface area contributed by atoms with Gasteiger partial charge in [-0.2, -0.15) is 0 Å². The minimum absolute atomic E-state index is 0. The van der Waals surface area contributed by atoms with E-state index in [9.17, 15) is 4.79 Å². The van der Waals surface area contributed by atoms with Crippen LogP contribution < -0.4 is 10.6 Å². The number of aliphatic imine (C=N–C) groups is 1. The second-order valence-electron chi connectivity index (χ2n) is 7.21. The molecule has 0 bridgehead atoms. The molecule has 0 saturated heterocycles. The number of carbonyl (C=O) groups is 1. The van der Waals surface area contributed by atoms with Crippen LogP contribution >= 0.6 is 24.0 Å². The van der Waals surface area contributed by atoms with Gasteiger partial charge in [-0.25, -0.2) is 4.99 Å². The van der Waals surface area contributed by atoms with Crippen LogP contribution in [0.1, 0.15) is 44.6 Å². The molecule has 0 aromatic heterocycles. The zero-order valence-corrected chi connectivity index (χ0v) is 18.6. The SMILES string of the molecule is CCC1(CNC(=NCc2ccccc2)NCC(=O)N(C)C)CCCC1.I. The van der Waals surface area contributed by atoms with Crippen LogP contribution in [-0.4, -0.2) is 44.0 Å². The highest BCUT2D eigenvalue weighted by atomic mass is 127. The fourth-order valence-corrected chi connectivity index (χ4v) is 3.30. The van der Waals surface area contributed by atoms with E-state index in [1.165, 1.54) is 32.1 Å². The number of carbonyl (C=O) groups excluding carboxylic acids is 1. The Labute approximate surface area is 175 Å². The molecule has 0 aliphatic heterocycles. The summed E-state index contributed by atoms with van der Waals surface area (Å²) in [5.41, 5.74) is 1.54. The first-order valence-electron chi connectivity index (χ1n) is 9.31. The number of halogens is 1. The van der Waals surface area contributed by atoms with Crippen molar-refractivity contribution < 1.29 is 4.79 Å². The summed E-state index contributed by atoms with van der Waals surface area (Å²) in [7, 11) is 3.53. The Morgan fingerprint density at radius 1 is 1.15 bits per heavy atom. The van der Waals surface area contributed by atoms with E-state index in [1.54, 1.807) is 19.0 Å². The first-order valence-corrected chi connectivity index (χ1v) is 9.31. The lowest BCUT2D eigenvalue weighted by Crippen LogP contribution is -2.46. The average molecular weight is 472 g/mol. The molecule has 6 heteroatoms. The lowest BCUT2D eigenvalue weighted by Gasteiger charge is -2.28. The lowest BCUT2D eigenvalue weighted by atomic mass is 9.83. The van der Waals surface area contributed by atoms with Crippen molar-refractivity contribution in [2.75, 3.05) is 27.2 Å². The number of hydrogen-bond acceptors (Lipinski definition) is 2. The van der Waals surface area contributed by atoms with Crippen molar-refractivity contribution in [2.24, 2.45) is 10.4 Å². The number of nitrogens with zero attached hydrogens (tertiary/aromatic N) is 2. The summed E-state index contributed by atoms with van der Waals surface area (Å²) < 4.78 is 0. The zero-order chi connectivity index (χ0) is 18.1. The van der Waals surface area contributed by atoms with E-state index in [4.69, 9.17) is 0 Å². The lowest BCUT2D eigenvalue weighted by molar-refractivity contribution is -0.127. The quantitative estimate of drug-likeness (QED) is 0.364. The average Bonchev–Trinajstić information content (AvgIpc) is 3.11. The summed E-state index contributed by atoms with van der Waals surface area (Å²) in [6.45, 7) is 4.05. The van der Waals surface area contributed by atoms with Crippen molar-refractivity contribution in [3.05, 3.63) is 35.9 Å². The fraction of sp³-hybridized carbons (Fsp3) is 0.600. The molecule has 2 rings (SSSR count). The Morgan fingerprint density at radius 2 is 1.81 bits per heavy atom. The third-order valence-electron chi connectivity index (χ3n) is 5.21. The molecule has 1 aromatic rings. The minimum atomic E-state index is 0. The summed E-state index contributed by atoms with van der Waals surface area (Å²) in [5.74, 6) is 0.763. The summed E-state index contributed by atoms with van der Waals surface area (Å²) in [6.07, 6.45) is 6.37. The monoisotopic (exact) mass is 472 g/mol. The molecule has 146 valence electrons. The molecule has 1 aliphatic rings. The molecule has 0 spiro atoms. The molecular formula is C20H33IN4O. The van der Waals surface area contributed by atoms with E-state index in [1.807, 2.05) is 18.2 Å². The fourth-order valence-electron chi connectivity index (χ4n) is 3.30. The van der Waals surface area contributed by atoms with Gasteiger partial charge in [-0.05, 0) is 30.2 Å². The molecule has 1 aromatic carbocycles. The standard InChI is InChI=1S/C20H32N4O.HI/c1-4-20(12-8-9-13-20)16-23-19(22-15-18(25)24(2)3)21-14-17-10-6-5-7-11-17;/h5-7,10-11H,4,8-9,12-16H2,1-3H3,(H2,21,22,23);1H. The molecular weight excluding hydrogens is 439 g/mol. The van der Waals surface area contributed by atoms with Crippen molar-refractivity contribution in [1.82, 2.24) is 15.5 Å². The summed E-state index contributed by atoms with van der Waals surface area (Å²) in [6, 6.07) is 10.2. The van der Waals surface area contributed by atoms with E-state index in [0.29, 0.717) is 12.0 Å². The topological polar surface area (TPSA) is 56.7 Å². The predicted molar refractivity (Wildman–Crippen MR) is 119 cm³/mol. The van der Waals surface area contributed by atoms with Crippen LogP contribution in [0.25, 0.3) is 0 Å². The Morgan fingerprint density at radius 3 is 2.38 bits per heavy atom. The highest BCUT2D eigenvalue weighted by Crippen LogP contribution is 2.40. The third-order valence-corrected chi connectivity index (χ3v) is 5.21. The second-order valence-corrected chi connectivity index (χ2v) is 7.21. The van der Waals surface area contributed by atoms with Gasteiger partial charge in [0.25, 0.3) is 0 Å². The molecule has 26 heavy (non-hydrogen) atoms. The van der Waals surface area contributed by atoms with E-state index in [-0.39, 0.29) is 36.4 Å². The molecule has 1 aliphatic carbocycles. The number of guanidine groups is 1. The number of amides is 1. The van der Waals surface area contributed by atoms with Gasteiger partial charge in [-0.3, -0.25) is 4.79 Å². The summed E-state index contributed by atoms with van der Waals surface area (Å²) in [5, 5.41) is 6.67. The molecule has 1 fully saturated rings. The Balaban J connectivity index is 0.00000338. The summed E-state index contributed by atoms with van der Waals surface area (Å²) >= 11 is 0. The van der Waals surface area contributed by atoms with Gasteiger partial charge in [0.05, 0.1) is 13.1 Å². The van der Waals surface area contributed by atoms with Gasteiger partial charge in [0, 0.05) is 20.6 Å². The van der Waals surface area contributed by atoms with Crippen LogP contribution in [-0.2, 0) is 11.3 Å². The number of likely N-dealkylation sites (N-methyl/N-ethyl adjacent to an activating group) is 1. The smallest absolute Gasteiger partial charge is 0.241 e. The van der Waals surface area contributed by atoms with E-state index >= 15 is 0 Å². The van der Waals surface area contributed by atoms with Crippen LogP contribution in [0.5, 0.6) is 0 Å². The van der Waals surface area contributed by atoms with Gasteiger partial charge < -0.3 is 15.5 Å². The van der Waals surface area contributed by atoms with Crippen LogP contribution in [0.15, 0.2) is 35.3 Å². The first-order chi connectivity index (χ1) is 12.0. The van der Waals surface area contributed by atoms with Gasteiger partial charge in [-0.1, -0.05) is 50.1 Å². The van der Waals surface area contributed by atoms with Gasteiger partial charge in [0.2, 0.25) is 5.91 Å². The van der Waals surface area contributed by atoms with E-state index in [0.717, 1.165) is 18.1 Å². The van der Waals surface area contributed by atoms with E-state index in [2.05, 4.69) is 34.7 Å². The van der Waals surface area contributed by atoms with Crippen LogP contribution in [0.4, 0.5) is 0 Å². The second kappa shape index (κ2) is 11.4. The highest BCUT2D eigenvalue weighted by molar-refractivity contribution is 14.0. The molecule has 0 unspecified atom stereocenters. The van der Waals surface area contributed by atoms with Gasteiger partial charge in [0.15, 0.2) is 5.96 Å². The normalized spacial score (nSPS) is 15.9. The van der Waals surface area contributed by atoms with Crippen molar-refractivity contribution in [3.8, 4) is 0 Å². The Bertz CT molecular complexity index is 568. The number of benzene rings is 1.